The molecule has 3 rings (SSSR count). The van der Waals surface area contributed by atoms with Gasteiger partial charge in [-0.05, 0) is 37.1 Å². The average molecular weight is 476 g/mol. The number of nitrogens with zero attached hydrogens (tertiary/aromatic N) is 3. The van der Waals surface area contributed by atoms with Crippen molar-refractivity contribution in [3.05, 3.63) is 35.2 Å². The van der Waals surface area contributed by atoms with Gasteiger partial charge in [-0.25, -0.2) is 0 Å². The van der Waals surface area contributed by atoms with Gasteiger partial charge in [0.05, 0.1) is 6.54 Å². The van der Waals surface area contributed by atoms with Gasteiger partial charge >= 0.3 is 0 Å². The number of aromatic nitrogens is 2. The van der Waals surface area contributed by atoms with Crippen LogP contribution in [0.25, 0.3) is 11.4 Å². The van der Waals surface area contributed by atoms with Gasteiger partial charge in [0.2, 0.25) is 11.7 Å². The highest BCUT2D eigenvalue weighted by molar-refractivity contribution is 14.0. The molecule has 0 atom stereocenters. The highest BCUT2D eigenvalue weighted by Crippen LogP contribution is 2.19. The van der Waals surface area contributed by atoms with Gasteiger partial charge < -0.3 is 15.6 Å². The first-order valence-electron chi connectivity index (χ1n) is 8.36. The molecule has 1 heterocycles. The third kappa shape index (κ3) is 6.14. The molecule has 0 bridgehead atoms. The second-order valence-electron chi connectivity index (χ2n) is 6.01. The minimum absolute atomic E-state index is 0. The Morgan fingerprint density at radius 2 is 1.96 bits per heavy atom. The monoisotopic (exact) mass is 475 g/mol. The Balaban J connectivity index is 0.00000225. The van der Waals surface area contributed by atoms with Crippen LogP contribution in [0.15, 0.2) is 33.8 Å². The third-order valence-corrected chi connectivity index (χ3v) is 4.39. The van der Waals surface area contributed by atoms with Gasteiger partial charge in [0.25, 0.3) is 0 Å². The smallest absolute Gasteiger partial charge is 0.228 e. The summed E-state index contributed by atoms with van der Waals surface area (Å²) in [4.78, 5) is 8.72. The van der Waals surface area contributed by atoms with Crippen LogP contribution in [0.3, 0.4) is 0 Å². The first-order valence-corrected chi connectivity index (χ1v) is 8.73. The zero-order valence-electron chi connectivity index (χ0n) is 13.9. The SMILES string of the molecule is I.NC(=NCCc1nc(-c2ccc(Cl)cc2)no1)NC1CCCCC1. The average Bonchev–Trinajstić information content (AvgIpc) is 3.05. The molecule has 1 saturated carbocycles. The number of hydrogen-bond donors (Lipinski definition) is 2. The third-order valence-electron chi connectivity index (χ3n) is 4.14. The molecule has 1 aliphatic carbocycles. The molecule has 0 amide bonds. The predicted molar refractivity (Wildman–Crippen MR) is 110 cm³/mol. The van der Waals surface area contributed by atoms with Crippen LogP contribution in [0.2, 0.25) is 5.02 Å². The molecule has 1 aromatic carbocycles. The van der Waals surface area contributed by atoms with E-state index in [0.29, 0.717) is 41.7 Å². The summed E-state index contributed by atoms with van der Waals surface area (Å²) in [6.45, 7) is 0.522. The standard InChI is InChI=1S/C17H22ClN5O.HI/c18-13-8-6-12(7-9-13)16-22-15(24-23-16)10-11-20-17(19)21-14-4-2-1-3-5-14;/h6-9,14H,1-5,10-11H2,(H3,19,20,21);1H. The van der Waals surface area contributed by atoms with Crippen LogP contribution >= 0.6 is 35.6 Å². The van der Waals surface area contributed by atoms with E-state index in [-0.39, 0.29) is 24.0 Å². The van der Waals surface area contributed by atoms with E-state index in [1.165, 1.54) is 32.1 Å². The first-order chi connectivity index (χ1) is 11.7. The second-order valence-corrected chi connectivity index (χ2v) is 6.45. The lowest BCUT2D eigenvalue weighted by Gasteiger charge is -2.23. The number of halogens is 2. The Morgan fingerprint density at radius 1 is 1.24 bits per heavy atom. The lowest BCUT2D eigenvalue weighted by Crippen LogP contribution is -2.41. The fraction of sp³-hybridized carbons (Fsp3) is 0.471. The summed E-state index contributed by atoms with van der Waals surface area (Å²) >= 11 is 5.88. The maximum absolute atomic E-state index is 5.94. The van der Waals surface area contributed by atoms with E-state index in [0.717, 1.165) is 5.56 Å². The summed E-state index contributed by atoms with van der Waals surface area (Å²) in [5.41, 5.74) is 6.81. The van der Waals surface area contributed by atoms with E-state index in [1.807, 2.05) is 12.1 Å². The van der Waals surface area contributed by atoms with E-state index >= 15 is 0 Å². The lowest BCUT2D eigenvalue weighted by atomic mass is 9.96. The van der Waals surface area contributed by atoms with Gasteiger partial charge in [0.15, 0.2) is 5.96 Å². The van der Waals surface area contributed by atoms with Gasteiger partial charge in [-0.3, -0.25) is 4.99 Å². The quantitative estimate of drug-likeness (QED) is 0.390. The molecule has 1 aliphatic rings. The predicted octanol–water partition coefficient (Wildman–Crippen LogP) is 3.79. The largest absolute Gasteiger partial charge is 0.370 e. The highest BCUT2D eigenvalue weighted by atomic mass is 127. The molecular formula is C17H23ClIN5O. The fourth-order valence-corrected chi connectivity index (χ4v) is 2.97. The Labute approximate surface area is 169 Å². The number of benzene rings is 1. The van der Waals surface area contributed by atoms with Gasteiger partial charge in [-0.2, -0.15) is 4.98 Å². The molecule has 6 nitrogen and oxygen atoms in total. The molecule has 0 saturated heterocycles. The molecule has 1 fully saturated rings. The number of guanidine groups is 1. The van der Waals surface area contributed by atoms with Crippen LogP contribution in [-0.4, -0.2) is 28.7 Å². The highest BCUT2D eigenvalue weighted by Gasteiger charge is 2.13. The maximum Gasteiger partial charge on any atom is 0.228 e. The molecule has 0 radical (unpaired) electrons. The lowest BCUT2D eigenvalue weighted by molar-refractivity contribution is 0.380. The van der Waals surface area contributed by atoms with Crippen LogP contribution in [0.1, 0.15) is 38.0 Å². The summed E-state index contributed by atoms with van der Waals surface area (Å²) in [7, 11) is 0. The second kappa shape index (κ2) is 9.96. The number of hydrogen-bond acceptors (Lipinski definition) is 4. The topological polar surface area (TPSA) is 89.3 Å². The summed E-state index contributed by atoms with van der Waals surface area (Å²) < 4.78 is 5.26. The Bertz CT molecular complexity index is 683. The van der Waals surface area contributed by atoms with Crippen LogP contribution in [0, 0.1) is 0 Å². The van der Waals surface area contributed by atoms with Crippen molar-refractivity contribution in [2.24, 2.45) is 10.7 Å². The van der Waals surface area contributed by atoms with Crippen molar-refractivity contribution in [3.8, 4) is 11.4 Å². The fourth-order valence-electron chi connectivity index (χ4n) is 2.85. The molecule has 136 valence electrons. The summed E-state index contributed by atoms with van der Waals surface area (Å²) in [6, 6.07) is 7.79. The van der Waals surface area contributed by atoms with E-state index in [9.17, 15) is 0 Å². The number of rotatable bonds is 5. The van der Waals surface area contributed by atoms with Crippen LogP contribution in [0.4, 0.5) is 0 Å². The molecule has 8 heteroatoms. The zero-order chi connectivity index (χ0) is 16.8. The molecular weight excluding hydrogens is 453 g/mol. The Morgan fingerprint density at radius 3 is 2.68 bits per heavy atom. The number of nitrogens with two attached hydrogens (primary N) is 1. The minimum Gasteiger partial charge on any atom is -0.370 e. The summed E-state index contributed by atoms with van der Waals surface area (Å²) in [6.07, 6.45) is 6.76. The van der Waals surface area contributed by atoms with Crippen LogP contribution in [0.5, 0.6) is 0 Å². The van der Waals surface area contributed by atoms with Crippen molar-refractivity contribution in [2.45, 2.75) is 44.6 Å². The molecule has 2 aromatic rings. The molecule has 0 unspecified atom stereocenters. The van der Waals surface area contributed by atoms with Crippen molar-refractivity contribution in [2.75, 3.05) is 6.54 Å². The first kappa shape index (κ1) is 20.0. The Hall–Kier alpha value is -1.35. The van der Waals surface area contributed by atoms with E-state index in [2.05, 4.69) is 20.4 Å². The normalized spacial score (nSPS) is 15.6. The van der Waals surface area contributed by atoms with Crippen molar-refractivity contribution >= 4 is 41.5 Å². The zero-order valence-corrected chi connectivity index (χ0v) is 17.0. The van der Waals surface area contributed by atoms with Gasteiger partial charge in [0.1, 0.15) is 0 Å². The maximum atomic E-state index is 5.94. The molecule has 0 spiro atoms. The summed E-state index contributed by atoms with van der Waals surface area (Å²) in [5.74, 6) is 1.60. The summed E-state index contributed by atoms with van der Waals surface area (Å²) in [5, 5.41) is 7.95. The van der Waals surface area contributed by atoms with E-state index in [1.54, 1.807) is 12.1 Å². The van der Waals surface area contributed by atoms with E-state index in [4.69, 9.17) is 21.9 Å². The molecule has 3 N–H and O–H groups in total. The van der Waals surface area contributed by atoms with Crippen LogP contribution < -0.4 is 11.1 Å². The number of nitrogens with one attached hydrogen (secondary N) is 1. The Kier molecular flexibility index (Phi) is 7.95. The van der Waals surface area contributed by atoms with Gasteiger partial charge in [-0.1, -0.05) is 36.0 Å². The molecule has 0 aliphatic heterocycles. The van der Waals surface area contributed by atoms with E-state index < -0.39 is 0 Å². The van der Waals surface area contributed by atoms with Gasteiger partial charge in [-0.15, -0.1) is 24.0 Å². The molecule has 1 aromatic heterocycles. The van der Waals surface area contributed by atoms with Crippen molar-refractivity contribution in [1.82, 2.24) is 15.5 Å². The van der Waals surface area contributed by atoms with Gasteiger partial charge in [0, 0.05) is 23.0 Å². The van der Waals surface area contributed by atoms with Crippen molar-refractivity contribution in [3.63, 3.8) is 0 Å². The van der Waals surface area contributed by atoms with Crippen molar-refractivity contribution < 1.29 is 4.52 Å². The molecule has 25 heavy (non-hydrogen) atoms. The van der Waals surface area contributed by atoms with Crippen molar-refractivity contribution in [1.29, 1.82) is 0 Å². The number of aliphatic imine (C=N–C) groups is 1. The minimum atomic E-state index is 0. The van der Waals surface area contributed by atoms with Crippen LogP contribution in [-0.2, 0) is 6.42 Å².